The number of benzene rings is 2. The average molecular weight is 366 g/mol. The molecule has 0 saturated carbocycles. The van der Waals surface area contributed by atoms with E-state index in [1.165, 1.54) is 0 Å². The first-order valence-electron chi connectivity index (χ1n) is 8.34. The molecule has 0 aromatic heterocycles. The van der Waals surface area contributed by atoms with Crippen LogP contribution in [0.4, 0.5) is 11.4 Å². The molecule has 2 aliphatic rings. The maximum Gasteiger partial charge on any atom is 0.274 e. The first kappa shape index (κ1) is 16.5. The molecule has 1 aliphatic heterocycles. The van der Waals surface area contributed by atoms with Gasteiger partial charge in [-0.1, -0.05) is 48.0 Å². The van der Waals surface area contributed by atoms with Crippen LogP contribution in [0.5, 0.6) is 0 Å². The van der Waals surface area contributed by atoms with E-state index in [2.05, 4.69) is 12.2 Å². The van der Waals surface area contributed by atoms with Gasteiger partial charge in [0.2, 0.25) is 0 Å². The fourth-order valence-corrected chi connectivity index (χ4v) is 3.52. The van der Waals surface area contributed by atoms with E-state index in [-0.39, 0.29) is 22.6 Å². The zero-order valence-electron chi connectivity index (χ0n) is 13.8. The summed E-state index contributed by atoms with van der Waals surface area (Å²) in [5.41, 5.74) is 2.63. The van der Waals surface area contributed by atoms with Crippen molar-refractivity contribution in [3.8, 4) is 0 Å². The highest BCUT2D eigenvalue weighted by molar-refractivity contribution is 6.30. The molecule has 0 N–H and O–H groups in total. The maximum atomic E-state index is 11.5. The number of allylic oxidation sites excluding steroid dienone is 4. The fraction of sp³-hybridized carbons (Fsp3) is 0.150. The summed E-state index contributed by atoms with van der Waals surface area (Å²) in [5.74, 6) is 0.137. The second-order valence-corrected chi connectivity index (χ2v) is 6.68. The molecule has 2 aromatic rings. The van der Waals surface area contributed by atoms with E-state index >= 15 is 0 Å². The van der Waals surface area contributed by atoms with Crippen molar-refractivity contribution < 1.29 is 4.92 Å². The van der Waals surface area contributed by atoms with Crippen LogP contribution in [0, 0.1) is 16.0 Å². The van der Waals surface area contributed by atoms with Gasteiger partial charge in [-0.15, -0.1) is 0 Å². The Morgan fingerprint density at radius 3 is 2.46 bits per heavy atom. The molecule has 0 radical (unpaired) electrons. The van der Waals surface area contributed by atoms with Crippen molar-refractivity contribution in [1.29, 1.82) is 0 Å². The van der Waals surface area contributed by atoms with Crippen LogP contribution in [-0.4, -0.2) is 10.6 Å². The monoisotopic (exact) mass is 365 g/mol. The molecule has 1 heterocycles. The third-order valence-electron chi connectivity index (χ3n) is 4.65. The smallest absolute Gasteiger partial charge is 0.258 e. The maximum absolute atomic E-state index is 11.5. The molecule has 130 valence electrons. The lowest BCUT2D eigenvalue weighted by Gasteiger charge is -2.23. The van der Waals surface area contributed by atoms with E-state index < -0.39 is 0 Å². The number of para-hydroxylation sites is 1. The molecule has 1 aliphatic carbocycles. The molecule has 4 rings (SSSR count). The molecule has 1 unspecified atom stereocenters. The molecule has 5 nitrogen and oxygen atoms in total. The Kier molecular flexibility index (Phi) is 4.31. The van der Waals surface area contributed by atoms with Crippen LogP contribution in [0.25, 0.3) is 0 Å². The van der Waals surface area contributed by atoms with Gasteiger partial charge >= 0.3 is 0 Å². The van der Waals surface area contributed by atoms with Crippen molar-refractivity contribution in [1.82, 2.24) is 0 Å². The van der Waals surface area contributed by atoms with Crippen LogP contribution >= 0.6 is 11.6 Å². The number of nitrogens with zero attached hydrogens (tertiary/aromatic N) is 3. The van der Waals surface area contributed by atoms with Gasteiger partial charge in [0, 0.05) is 23.4 Å². The van der Waals surface area contributed by atoms with Crippen molar-refractivity contribution in [2.24, 2.45) is 11.0 Å². The molecule has 1 atom stereocenters. The zero-order chi connectivity index (χ0) is 18.1. The third-order valence-corrected chi connectivity index (χ3v) is 4.90. The molecule has 0 amide bonds. The number of anilines is 1. The molecule has 0 fully saturated rings. The second kappa shape index (κ2) is 6.77. The highest BCUT2D eigenvalue weighted by Gasteiger charge is 2.35. The first-order valence-corrected chi connectivity index (χ1v) is 8.72. The van der Waals surface area contributed by atoms with Crippen LogP contribution in [-0.2, 0) is 0 Å². The number of halogens is 1. The number of rotatable bonds is 4. The Morgan fingerprint density at radius 1 is 1.08 bits per heavy atom. The summed E-state index contributed by atoms with van der Waals surface area (Å²) in [6.07, 6.45) is 8.80. The summed E-state index contributed by atoms with van der Waals surface area (Å²) in [6, 6.07) is 14.0. The van der Waals surface area contributed by atoms with E-state index in [0.29, 0.717) is 17.0 Å². The Morgan fingerprint density at radius 2 is 1.77 bits per heavy atom. The summed E-state index contributed by atoms with van der Waals surface area (Å²) in [6.45, 7) is 0. The van der Waals surface area contributed by atoms with Crippen molar-refractivity contribution >= 4 is 28.7 Å². The average Bonchev–Trinajstić information content (AvgIpc) is 3.32. The molecule has 2 aromatic carbocycles. The number of nitro groups is 1. The van der Waals surface area contributed by atoms with Crippen LogP contribution < -0.4 is 5.01 Å². The van der Waals surface area contributed by atoms with E-state index in [4.69, 9.17) is 16.7 Å². The van der Waals surface area contributed by atoms with Crippen molar-refractivity contribution in [2.75, 3.05) is 5.01 Å². The highest BCUT2D eigenvalue weighted by atomic mass is 35.5. The summed E-state index contributed by atoms with van der Waals surface area (Å²) < 4.78 is 0. The first-order chi connectivity index (χ1) is 12.6. The van der Waals surface area contributed by atoms with E-state index in [0.717, 1.165) is 11.4 Å². The Bertz CT molecular complexity index is 922. The Balaban J connectivity index is 1.77. The molecule has 0 saturated heterocycles. The van der Waals surface area contributed by atoms with Gasteiger partial charge in [-0.05, 0) is 30.3 Å². The molecular formula is C20H16ClN3O2. The van der Waals surface area contributed by atoms with Gasteiger partial charge in [0.05, 0.1) is 27.9 Å². The summed E-state index contributed by atoms with van der Waals surface area (Å²) in [4.78, 5) is 11.2. The molecule has 26 heavy (non-hydrogen) atoms. The SMILES string of the molecule is O=[N+]([O-])c1ccccc1C1CC(C2C=CC=C2)=NN1c1ccc(Cl)cc1. The Labute approximate surface area is 156 Å². The normalized spacial score (nSPS) is 19.2. The number of nitro benzene ring substituents is 1. The van der Waals surface area contributed by atoms with Gasteiger partial charge in [0.15, 0.2) is 0 Å². The van der Waals surface area contributed by atoms with E-state index in [1.54, 1.807) is 24.3 Å². The van der Waals surface area contributed by atoms with Crippen molar-refractivity contribution in [2.45, 2.75) is 12.5 Å². The minimum absolute atomic E-state index is 0.116. The van der Waals surface area contributed by atoms with E-state index in [1.807, 2.05) is 41.4 Å². The lowest BCUT2D eigenvalue weighted by molar-refractivity contribution is -0.385. The number of hydrogen-bond donors (Lipinski definition) is 0. The van der Waals surface area contributed by atoms with Crippen molar-refractivity contribution in [3.63, 3.8) is 0 Å². The second-order valence-electron chi connectivity index (χ2n) is 6.24. The summed E-state index contributed by atoms with van der Waals surface area (Å²) >= 11 is 6.01. The highest BCUT2D eigenvalue weighted by Crippen LogP contribution is 2.40. The standard InChI is InChI=1S/C20H16ClN3O2/c21-15-9-11-16(12-10-15)23-20(13-18(22-23)14-5-1-2-6-14)17-7-3-4-8-19(17)24(25)26/h1-12,14,20H,13H2. The quantitative estimate of drug-likeness (QED) is 0.545. The fourth-order valence-electron chi connectivity index (χ4n) is 3.40. The van der Waals surface area contributed by atoms with Crippen molar-refractivity contribution in [3.05, 3.63) is 93.5 Å². The van der Waals surface area contributed by atoms with Gasteiger partial charge in [0.1, 0.15) is 0 Å². The lowest BCUT2D eigenvalue weighted by atomic mass is 9.94. The van der Waals surface area contributed by atoms with Crippen LogP contribution in [0.1, 0.15) is 18.0 Å². The number of hydrazone groups is 1. The third kappa shape index (κ3) is 3.02. The van der Waals surface area contributed by atoms with E-state index in [9.17, 15) is 10.1 Å². The minimum Gasteiger partial charge on any atom is -0.258 e. The van der Waals surface area contributed by atoms with Gasteiger partial charge < -0.3 is 0 Å². The van der Waals surface area contributed by atoms with Gasteiger partial charge in [0.25, 0.3) is 5.69 Å². The molecule has 6 heteroatoms. The molecular weight excluding hydrogens is 350 g/mol. The summed E-state index contributed by atoms with van der Waals surface area (Å²) in [7, 11) is 0. The molecule has 0 bridgehead atoms. The van der Waals surface area contributed by atoms with Gasteiger partial charge in [-0.3, -0.25) is 15.1 Å². The Hall–Kier alpha value is -2.92. The van der Waals surface area contributed by atoms with Gasteiger partial charge in [-0.2, -0.15) is 5.10 Å². The van der Waals surface area contributed by atoms with Gasteiger partial charge in [-0.25, -0.2) is 0 Å². The zero-order valence-corrected chi connectivity index (χ0v) is 14.6. The van der Waals surface area contributed by atoms with Crippen LogP contribution in [0.2, 0.25) is 5.02 Å². The van der Waals surface area contributed by atoms with Crippen LogP contribution in [0.15, 0.2) is 77.9 Å². The van der Waals surface area contributed by atoms with Crippen LogP contribution in [0.3, 0.4) is 0 Å². The lowest BCUT2D eigenvalue weighted by Crippen LogP contribution is -2.19. The molecule has 0 spiro atoms. The predicted molar refractivity (Wildman–Crippen MR) is 104 cm³/mol. The largest absolute Gasteiger partial charge is 0.274 e. The topological polar surface area (TPSA) is 58.7 Å². The minimum atomic E-state index is -0.331. The summed E-state index contributed by atoms with van der Waals surface area (Å²) in [5, 5.41) is 18.8. The predicted octanol–water partition coefficient (Wildman–Crippen LogP) is 5.30. The number of hydrogen-bond acceptors (Lipinski definition) is 4.